The van der Waals surface area contributed by atoms with E-state index < -0.39 is 0 Å². The van der Waals surface area contributed by atoms with E-state index >= 15 is 0 Å². The Morgan fingerprint density at radius 1 is 1.05 bits per heavy atom. The van der Waals surface area contributed by atoms with Crippen molar-refractivity contribution in [1.29, 1.82) is 0 Å². The fourth-order valence-corrected chi connectivity index (χ4v) is 3.14. The molecule has 1 aliphatic rings. The fourth-order valence-electron chi connectivity index (χ4n) is 3.14. The molecule has 0 N–H and O–H groups in total. The van der Waals surface area contributed by atoms with Crippen LogP contribution in [0.25, 0.3) is 0 Å². The molecule has 2 rings (SSSR count). The molecule has 0 aliphatic heterocycles. The number of unbranched alkanes of at least 4 members (excludes halogenated alkanes) is 4. The Morgan fingerprint density at radius 2 is 1.90 bits per heavy atom. The Hall–Kier alpha value is -1.11. The molecule has 0 bridgehead atoms. The van der Waals surface area contributed by atoms with Gasteiger partial charge in [0.1, 0.15) is 5.82 Å². The molecule has 1 aliphatic carbocycles. The van der Waals surface area contributed by atoms with E-state index in [0.29, 0.717) is 5.92 Å². The minimum Gasteiger partial charge on any atom is -0.207 e. The molecule has 0 radical (unpaired) electrons. The second-order valence-electron chi connectivity index (χ2n) is 6.09. The molecule has 20 heavy (non-hydrogen) atoms. The molecule has 0 saturated heterocycles. The summed E-state index contributed by atoms with van der Waals surface area (Å²) in [7, 11) is 0. The van der Waals surface area contributed by atoms with Gasteiger partial charge in [-0.2, -0.15) is 0 Å². The van der Waals surface area contributed by atoms with Gasteiger partial charge < -0.3 is 0 Å². The lowest BCUT2D eigenvalue weighted by atomic mass is 9.82. The zero-order valence-corrected chi connectivity index (χ0v) is 12.7. The zero-order chi connectivity index (χ0) is 14.2. The van der Waals surface area contributed by atoms with Crippen molar-refractivity contribution in [2.75, 3.05) is 0 Å². The van der Waals surface area contributed by atoms with Crippen LogP contribution in [-0.2, 0) is 0 Å². The third-order valence-corrected chi connectivity index (χ3v) is 4.42. The van der Waals surface area contributed by atoms with Crippen LogP contribution in [0.3, 0.4) is 0 Å². The van der Waals surface area contributed by atoms with E-state index in [1.807, 2.05) is 12.1 Å². The highest BCUT2D eigenvalue weighted by molar-refractivity contribution is 5.26. The lowest BCUT2D eigenvalue weighted by Crippen LogP contribution is -2.08. The van der Waals surface area contributed by atoms with Crippen molar-refractivity contribution in [2.24, 2.45) is 5.92 Å². The highest BCUT2D eigenvalue weighted by Gasteiger charge is 2.17. The minimum absolute atomic E-state index is 0.117. The van der Waals surface area contributed by atoms with Gasteiger partial charge in [0.2, 0.25) is 0 Å². The molecule has 110 valence electrons. The number of hydrogen-bond acceptors (Lipinski definition) is 0. The SMILES string of the molecule is CCCCCCCC1C=CC(c2cccc(F)c2)CC1. The molecule has 0 heterocycles. The van der Waals surface area contributed by atoms with Gasteiger partial charge in [0.05, 0.1) is 0 Å². The molecule has 1 aromatic carbocycles. The monoisotopic (exact) mass is 274 g/mol. The quantitative estimate of drug-likeness (QED) is 0.408. The average molecular weight is 274 g/mol. The number of hydrogen-bond donors (Lipinski definition) is 0. The molecule has 0 spiro atoms. The predicted molar refractivity (Wildman–Crippen MR) is 84.4 cm³/mol. The first-order valence-electron chi connectivity index (χ1n) is 8.23. The largest absolute Gasteiger partial charge is 0.207 e. The highest BCUT2D eigenvalue weighted by atomic mass is 19.1. The third kappa shape index (κ3) is 4.77. The van der Waals surface area contributed by atoms with E-state index in [0.717, 1.165) is 11.5 Å². The first-order valence-corrected chi connectivity index (χ1v) is 8.23. The van der Waals surface area contributed by atoms with E-state index in [2.05, 4.69) is 19.1 Å². The van der Waals surface area contributed by atoms with E-state index in [9.17, 15) is 4.39 Å². The molecular formula is C19H27F. The molecule has 0 fully saturated rings. The molecular weight excluding hydrogens is 247 g/mol. The smallest absolute Gasteiger partial charge is 0.123 e. The lowest BCUT2D eigenvalue weighted by molar-refractivity contribution is 0.454. The summed E-state index contributed by atoms with van der Waals surface area (Å²) in [6.07, 6.45) is 15.2. The molecule has 2 unspecified atom stereocenters. The summed E-state index contributed by atoms with van der Waals surface area (Å²) in [6, 6.07) is 7.07. The van der Waals surface area contributed by atoms with Crippen LogP contribution in [0, 0.1) is 11.7 Å². The van der Waals surface area contributed by atoms with Gasteiger partial charge in [0.15, 0.2) is 0 Å². The molecule has 2 atom stereocenters. The Morgan fingerprint density at radius 3 is 2.60 bits per heavy atom. The van der Waals surface area contributed by atoms with Crippen LogP contribution in [0.2, 0.25) is 0 Å². The maximum atomic E-state index is 13.2. The standard InChI is InChI=1S/C19H27F/c1-2-3-4-5-6-8-16-11-13-17(14-12-16)18-9-7-10-19(20)15-18/h7,9-11,13,15-17H,2-6,8,12,14H2,1H3. The molecule has 0 nitrogen and oxygen atoms in total. The molecule has 1 aromatic rings. The average Bonchev–Trinajstić information content (AvgIpc) is 2.48. The maximum absolute atomic E-state index is 13.2. The lowest BCUT2D eigenvalue weighted by Gasteiger charge is -2.23. The van der Waals surface area contributed by atoms with Crippen LogP contribution in [-0.4, -0.2) is 0 Å². The van der Waals surface area contributed by atoms with Crippen molar-refractivity contribution in [3.05, 3.63) is 47.8 Å². The number of halogens is 1. The van der Waals surface area contributed by atoms with Crippen LogP contribution >= 0.6 is 0 Å². The van der Waals surface area contributed by atoms with Crippen molar-refractivity contribution < 1.29 is 4.39 Å². The van der Waals surface area contributed by atoms with E-state index in [4.69, 9.17) is 0 Å². The summed E-state index contributed by atoms with van der Waals surface area (Å²) in [6.45, 7) is 2.26. The zero-order valence-electron chi connectivity index (χ0n) is 12.7. The summed E-state index contributed by atoms with van der Waals surface area (Å²) in [5, 5.41) is 0. The van der Waals surface area contributed by atoms with Crippen LogP contribution in [0.15, 0.2) is 36.4 Å². The number of allylic oxidation sites excluding steroid dienone is 2. The van der Waals surface area contributed by atoms with Gasteiger partial charge in [0.25, 0.3) is 0 Å². The van der Waals surface area contributed by atoms with Crippen LogP contribution in [0.4, 0.5) is 4.39 Å². The number of benzene rings is 1. The third-order valence-electron chi connectivity index (χ3n) is 4.42. The molecule has 1 heteroatoms. The first kappa shape index (κ1) is 15.3. The normalized spacial score (nSPS) is 22.1. The Kier molecular flexibility index (Phi) is 6.29. The van der Waals surface area contributed by atoms with Crippen LogP contribution in [0.5, 0.6) is 0 Å². The maximum Gasteiger partial charge on any atom is 0.123 e. The topological polar surface area (TPSA) is 0 Å². The second kappa shape index (κ2) is 8.24. The van der Waals surface area contributed by atoms with Crippen molar-refractivity contribution in [3.8, 4) is 0 Å². The first-order chi connectivity index (χ1) is 9.79. The minimum atomic E-state index is -0.117. The Bertz CT molecular complexity index is 422. The molecule has 0 amide bonds. The summed E-state index contributed by atoms with van der Waals surface area (Å²) < 4.78 is 13.2. The highest BCUT2D eigenvalue weighted by Crippen LogP contribution is 2.32. The summed E-state index contributed by atoms with van der Waals surface area (Å²) in [4.78, 5) is 0. The Balaban J connectivity index is 1.76. The van der Waals surface area contributed by atoms with Gasteiger partial charge in [-0.3, -0.25) is 0 Å². The molecule has 0 aromatic heterocycles. The van der Waals surface area contributed by atoms with E-state index in [1.165, 1.54) is 57.4 Å². The fraction of sp³-hybridized carbons (Fsp3) is 0.579. The van der Waals surface area contributed by atoms with Gasteiger partial charge in [-0.15, -0.1) is 0 Å². The van der Waals surface area contributed by atoms with Crippen molar-refractivity contribution in [3.63, 3.8) is 0 Å². The van der Waals surface area contributed by atoms with Gasteiger partial charge in [-0.05, 0) is 42.9 Å². The van der Waals surface area contributed by atoms with Crippen LogP contribution in [0.1, 0.15) is 69.8 Å². The Labute approximate surface area is 123 Å². The summed E-state index contributed by atoms with van der Waals surface area (Å²) in [5.74, 6) is 1.05. The predicted octanol–water partition coefficient (Wildman–Crippen LogP) is 6.24. The number of rotatable bonds is 7. The van der Waals surface area contributed by atoms with Crippen LogP contribution < -0.4 is 0 Å². The van der Waals surface area contributed by atoms with Gasteiger partial charge in [-0.1, -0.05) is 63.3 Å². The summed E-state index contributed by atoms with van der Waals surface area (Å²) >= 11 is 0. The van der Waals surface area contributed by atoms with Crippen molar-refractivity contribution in [2.45, 2.75) is 64.2 Å². The van der Waals surface area contributed by atoms with E-state index in [1.54, 1.807) is 6.07 Å². The van der Waals surface area contributed by atoms with E-state index in [-0.39, 0.29) is 5.82 Å². The van der Waals surface area contributed by atoms with Crippen molar-refractivity contribution >= 4 is 0 Å². The van der Waals surface area contributed by atoms with Gasteiger partial charge in [0, 0.05) is 5.92 Å². The summed E-state index contributed by atoms with van der Waals surface area (Å²) in [5.41, 5.74) is 1.13. The van der Waals surface area contributed by atoms with Gasteiger partial charge >= 0.3 is 0 Å². The molecule has 0 saturated carbocycles. The second-order valence-corrected chi connectivity index (χ2v) is 6.09. The van der Waals surface area contributed by atoms with Gasteiger partial charge in [-0.25, -0.2) is 4.39 Å². The van der Waals surface area contributed by atoms with Crippen molar-refractivity contribution in [1.82, 2.24) is 0 Å².